The summed E-state index contributed by atoms with van der Waals surface area (Å²) in [7, 11) is 13.8. The second-order valence-electron chi connectivity index (χ2n) is 8.99. The predicted octanol–water partition coefficient (Wildman–Crippen LogP) is 8.73. The number of hydrogen-bond acceptors (Lipinski definition) is 0. The van der Waals surface area contributed by atoms with Crippen LogP contribution >= 0.6 is 17.0 Å². The second-order valence-corrected chi connectivity index (χ2v) is 18.2. The summed E-state index contributed by atoms with van der Waals surface area (Å²) >= 11 is -2.55. The first kappa shape index (κ1) is 21.6. The van der Waals surface area contributed by atoms with Crippen molar-refractivity contribution >= 4 is 29.2 Å². The first-order chi connectivity index (χ1) is 13.7. The monoisotopic (exact) mass is 501 g/mol. The van der Waals surface area contributed by atoms with Gasteiger partial charge in [0.05, 0.1) is 0 Å². The van der Waals surface area contributed by atoms with Crippen LogP contribution in [0.5, 0.6) is 0 Å². The molecule has 0 aliphatic heterocycles. The van der Waals surface area contributed by atoms with Crippen LogP contribution in [0.3, 0.4) is 0 Å². The molecular weight excluding hydrogens is 474 g/mol. The van der Waals surface area contributed by atoms with E-state index in [4.69, 9.17) is 17.0 Å². The molecule has 0 saturated heterocycles. The average molecular weight is 504 g/mol. The first-order valence-corrected chi connectivity index (χ1v) is 18.2. The molecule has 0 heterocycles. The molecule has 0 nitrogen and oxygen atoms in total. The van der Waals surface area contributed by atoms with Crippen molar-refractivity contribution in [2.75, 3.05) is 0 Å². The topological polar surface area (TPSA) is 0 Å². The maximum absolute atomic E-state index is 6.89. The molecule has 0 radical (unpaired) electrons. The van der Waals surface area contributed by atoms with Crippen LogP contribution < -0.4 is 0 Å². The van der Waals surface area contributed by atoms with Gasteiger partial charge in [-0.3, -0.25) is 0 Å². The molecule has 3 unspecified atom stereocenters. The molecule has 29 heavy (non-hydrogen) atoms. The summed E-state index contributed by atoms with van der Waals surface area (Å²) in [5.41, 5.74) is 14.2. The number of fused-ring (bicyclic) bond motifs is 2. The molecule has 0 aromatic heterocycles. The summed E-state index contributed by atoms with van der Waals surface area (Å²) < 4.78 is 0.373. The van der Waals surface area contributed by atoms with Gasteiger partial charge in [-0.2, -0.15) is 0 Å². The Bertz CT molecular complexity index is 1050. The van der Waals surface area contributed by atoms with Gasteiger partial charge in [0.15, 0.2) is 0 Å². The predicted molar refractivity (Wildman–Crippen MR) is 125 cm³/mol. The van der Waals surface area contributed by atoms with Crippen LogP contribution in [0.1, 0.15) is 76.6 Å². The van der Waals surface area contributed by atoms with Crippen molar-refractivity contribution in [3.05, 3.63) is 79.9 Å². The van der Waals surface area contributed by atoms with E-state index in [1.54, 1.807) is 0 Å². The van der Waals surface area contributed by atoms with Crippen LogP contribution in [0.2, 0.25) is 3.63 Å². The Kier molecular flexibility index (Phi) is 6.07. The molecule has 2 aliphatic rings. The standard InChI is InChI=1S/C26H29.2ClH.Zr/c1-15-7-9-17(3)25-21(19(5)13-23(15)25)11-12-22-20(6)14-24-16(2)8-10-18(4)26(22)24;;;/h7-11,13-14,21-22H,12H2,1-6H3;2*1H;/q;;;+2/p-2. The van der Waals surface area contributed by atoms with Crippen molar-refractivity contribution in [3.63, 3.8) is 0 Å². The third kappa shape index (κ3) is 3.66. The number of halogens is 2. The van der Waals surface area contributed by atoms with Gasteiger partial charge in [0, 0.05) is 0 Å². The van der Waals surface area contributed by atoms with E-state index in [1.165, 1.54) is 55.7 Å². The zero-order valence-corrected chi connectivity index (χ0v) is 22.1. The Morgan fingerprint density at radius 1 is 0.724 bits per heavy atom. The van der Waals surface area contributed by atoms with E-state index in [-0.39, 0.29) is 0 Å². The van der Waals surface area contributed by atoms with Crippen LogP contribution in [0.25, 0.3) is 12.2 Å². The molecule has 0 fully saturated rings. The summed E-state index contributed by atoms with van der Waals surface area (Å²) in [4.78, 5) is 0. The van der Waals surface area contributed by atoms with E-state index >= 15 is 0 Å². The van der Waals surface area contributed by atoms with Gasteiger partial charge in [0.2, 0.25) is 0 Å². The Hall–Kier alpha value is -0.617. The van der Waals surface area contributed by atoms with Gasteiger partial charge in [-0.1, -0.05) is 0 Å². The number of hydrogen-bond donors (Lipinski definition) is 0. The van der Waals surface area contributed by atoms with Crippen LogP contribution in [0.15, 0.2) is 35.4 Å². The van der Waals surface area contributed by atoms with E-state index in [0.29, 0.717) is 15.5 Å². The zero-order valence-electron chi connectivity index (χ0n) is 18.2. The molecule has 0 saturated carbocycles. The van der Waals surface area contributed by atoms with Crippen LogP contribution in [-0.2, 0) is 19.4 Å². The zero-order chi connectivity index (χ0) is 21.0. The number of rotatable bonds is 4. The minimum absolute atomic E-state index is 0.372. The molecule has 3 atom stereocenters. The quantitative estimate of drug-likeness (QED) is 0.391. The Morgan fingerprint density at radius 3 is 1.79 bits per heavy atom. The van der Waals surface area contributed by atoms with Crippen molar-refractivity contribution in [2.45, 2.75) is 63.4 Å². The normalized spacial score (nSPS) is 20.8. The molecular formula is C26H29Cl2Zr. The van der Waals surface area contributed by atoms with Gasteiger partial charge in [-0.25, -0.2) is 0 Å². The van der Waals surface area contributed by atoms with Crippen LogP contribution in [0.4, 0.5) is 0 Å². The van der Waals surface area contributed by atoms with Gasteiger partial charge in [0.25, 0.3) is 0 Å². The van der Waals surface area contributed by atoms with Crippen molar-refractivity contribution in [2.24, 2.45) is 0 Å². The fraction of sp³-hybridized carbons (Fsp3) is 0.385. The summed E-state index contributed by atoms with van der Waals surface area (Å²) in [5.74, 6) is 0.807. The Balaban J connectivity index is 1.77. The summed E-state index contributed by atoms with van der Waals surface area (Å²) in [6.07, 6.45) is 5.84. The van der Waals surface area contributed by atoms with Gasteiger partial charge in [0.1, 0.15) is 0 Å². The van der Waals surface area contributed by atoms with Gasteiger partial charge >= 0.3 is 192 Å². The molecule has 0 spiro atoms. The SMILES string of the molecule is CC1=Cc2c(C)ccc(C)c2C1C[CH](C1C(C)=Cc2c(C)ccc(C)c21)[Zr]([Cl])[Cl]. The molecule has 0 amide bonds. The Labute approximate surface area is 190 Å². The number of allylic oxidation sites excluding steroid dienone is 2. The molecule has 0 bridgehead atoms. The maximum atomic E-state index is 6.89. The second kappa shape index (κ2) is 8.14. The molecule has 2 aromatic carbocycles. The molecule has 4 rings (SSSR count). The van der Waals surface area contributed by atoms with Gasteiger partial charge in [-0.15, -0.1) is 0 Å². The van der Waals surface area contributed by atoms with Gasteiger partial charge < -0.3 is 0 Å². The van der Waals surface area contributed by atoms with Crippen molar-refractivity contribution in [1.82, 2.24) is 0 Å². The Morgan fingerprint density at radius 2 is 1.21 bits per heavy atom. The first-order valence-electron chi connectivity index (χ1n) is 10.4. The van der Waals surface area contributed by atoms with Crippen molar-refractivity contribution in [1.29, 1.82) is 0 Å². The van der Waals surface area contributed by atoms with E-state index in [1.807, 2.05) is 0 Å². The average Bonchev–Trinajstić information content (AvgIpc) is 3.18. The summed E-state index contributed by atoms with van der Waals surface area (Å²) in [6.45, 7) is 13.5. The molecule has 3 heteroatoms. The molecule has 151 valence electrons. The fourth-order valence-electron chi connectivity index (χ4n) is 5.50. The number of benzene rings is 2. The summed E-state index contributed by atoms with van der Waals surface area (Å²) in [5, 5.41) is 0. The fourth-order valence-corrected chi connectivity index (χ4v) is 10.7. The van der Waals surface area contributed by atoms with Crippen molar-refractivity contribution in [3.8, 4) is 0 Å². The van der Waals surface area contributed by atoms with E-state index in [2.05, 4.69) is 78.0 Å². The molecule has 2 aromatic rings. The van der Waals surface area contributed by atoms with E-state index in [9.17, 15) is 0 Å². The van der Waals surface area contributed by atoms with E-state index < -0.39 is 19.4 Å². The van der Waals surface area contributed by atoms with E-state index in [0.717, 1.165) is 6.42 Å². The van der Waals surface area contributed by atoms with Crippen LogP contribution in [0, 0.1) is 27.7 Å². The van der Waals surface area contributed by atoms with Crippen molar-refractivity contribution < 1.29 is 19.4 Å². The van der Waals surface area contributed by atoms with Gasteiger partial charge in [-0.05, 0) is 0 Å². The van der Waals surface area contributed by atoms with Crippen LogP contribution in [-0.4, -0.2) is 0 Å². The third-order valence-corrected chi connectivity index (χ3v) is 13.2. The number of aryl methyl sites for hydroxylation is 4. The summed E-state index contributed by atoms with van der Waals surface area (Å²) in [6, 6.07) is 9.02. The third-order valence-electron chi connectivity index (χ3n) is 7.06. The molecule has 2 aliphatic carbocycles. The minimum atomic E-state index is -2.55. The molecule has 0 N–H and O–H groups in total.